The van der Waals surface area contributed by atoms with E-state index in [-0.39, 0.29) is 0 Å². The van der Waals surface area contributed by atoms with Gasteiger partial charge in [-0.25, -0.2) is 9.97 Å². The zero-order valence-corrected chi connectivity index (χ0v) is 11.2. The summed E-state index contributed by atoms with van der Waals surface area (Å²) >= 11 is 0. The van der Waals surface area contributed by atoms with Gasteiger partial charge in [0.05, 0.1) is 0 Å². The van der Waals surface area contributed by atoms with E-state index in [0.717, 1.165) is 50.5 Å². The summed E-state index contributed by atoms with van der Waals surface area (Å²) in [5, 5.41) is 3.34. The summed E-state index contributed by atoms with van der Waals surface area (Å²) in [6.07, 6.45) is 3.83. The molecule has 0 fully saturated rings. The molecule has 1 aromatic rings. The molecule has 0 aliphatic carbocycles. The Hall–Kier alpha value is -1.16. The molecule has 1 N–H and O–H groups in total. The van der Waals surface area contributed by atoms with Crippen molar-refractivity contribution < 1.29 is 0 Å². The number of aryl methyl sites for hydroxylation is 1. The maximum absolute atomic E-state index is 4.36. The van der Waals surface area contributed by atoms with Crippen molar-refractivity contribution in [2.75, 3.05) is 31.1 Å². The Morgan fingerprint density at radius 1 is 1.24 bits per heavy atom. The minimum atomic E-state index is 0.980. The van der Waals surface area contributed by atoms with Crippen molar-refractivity contribution in [1.82, 2.24) is 15.3 Å². The van der Waals surface area contributed by atoms with Crippen LogP contribution in [-0.2, 0) is 6.42 Å². The third kappa shape index (κ3) is 4.69. The van der Waals surface area contributed by atoms with E-state index in [9.17, 15) is 0 Å². The minimum Gasteiger partial charge on any atom is -0.356 e. The fourth-order valence-electron chi connectivity index (χ4n) is 1.78. The van der Waals surface area contributed by atoms with Crippen LogP contribution in [0.15, 0.2) is 12.4 Å². The van der Waals surface area contributed by atoms with E-state index in [1.807, 2.05) is 0 Å². The second kappa shape index (κ2) is 8.01. The van der Waals surface area contributed by atoms with Crippen LogP contribution in [0.2, 0.25) is 0 Å². The van der Waals surface area contributed by atoms with Gasteiger partial charge in [0.25, 0.3) is 0 Å². The van der Waals surface area contributed by atoms with Gasteiger partial charge in [-0.15, -0.1) is 0 Å². The van der Waals surface area contributed by atoms with Crippen LogP contribution in [0.3, 0.4) is 0 Å². The number of likely N-dealkylation sites (N-methyl/N-ethyl adjacent to an activating group) is 2. The first-order chi connectivity index (χ1) is 8.31. The first-order valence-corrected chi connectivity index (χ1v) is 6.58. The number of anilines is 1. The third-order valence-corrected chi connectivity index (χ3v) is 2.73. The Morgan fingerprint density at radius 2 is 2.06 bits per heavy atom. The second-order valence-electron chi connectivity index (χ2n) is 4.05. The van der Waals surface area contributed by atoms with Crippen molar-refractivity contribution in [1.29, 1.82) is 0 Å². The van der Waals surface area contributed by atoms with Gasteiger partial charge in [-0.2, -0.15) is 0 Å². The SMILES string of the molecule is CCCc1cc(N(CC)CCNCC)ncn1. The van der Waals surface area contributed by atoms with E-state index in [4.69, 9.17) is 0 Å². The van der Waals surface area contributed by atoms with E-state index in [2.05, 4.69) is 47.0 Å². The average Bonchev–Trinajstić information content (AvgIpc) is 2.35. The Balaban J connectivity index is 2.63. The van der Waals surface area contributed by atoms with Gasteiger partial charge in [0.2, 0.25) is 0 Å². The smallest absolute Gasteiger partial charge is 0.132 e. The molecule has 1 heterocycles. The molecule has 4 nitrogen and oxygen atoms in total. The van der Waals surface area contributed by atoms with Crippen molar-refractivity contribution in [3.63, 3.8) is 0 Å². The molecule has 17 heavy (non-hydrogen) atoms. The van der Waals surface area contributed by atoms with Gasteiger partial charge in [-0.3, -0.25) is 0 Å². The molecule has 0 atom stereocenters. The molecule has 1 rings (SSSR count). The Morgan fingerprint density at radius 3 is 2.71 bits per heavy atom. The molecule has 0 radical (unpaired) electrons. The Kier molecular flexibility index (Phi) is 6.55. The van der Waals surface area contributed by atoms with Crippen molar-refractivity contribution in [3.8, 4) is 0 Å². The molecular weight excluding hydrogens is 212 g/mol. The number of hydrogen-bond donors (Lipinski definition) is 1. The Bertz CT molecular complexity index is 314. The number of aromatic nitrogens is 2. The van der Waals surface area contributed by atoms with Gasteiger partial charge in [0.15, 0.2) is 0 Å². The molecule has 4 heteroatoms. The number of nitrogens with one attached hydrogen (secondary N) is 1. The summed E-state index contributed by atoms with van der Waals surface area (Å²) in [5.41, 5.74) is 1.14. The number of nitrogens with zero attached hydrogens (tertiary/aromatic N) is 3. The lowest BCUT2D eigenvalue weighted by Crippen LogP contribution is -2.32. The van der Waals surface area contributed by atoms with Crippen molar-refractivity contribution >= 4 is 5.82 Å². The predicted octanol–water partition coefficient (Wildman–Crippen LogP) is 1.86. The van der Waals surface area contributed by atoms with Gasteiger partial charge >= 0.3 is 0 Å². The largest absolute Gasteiger partial charge is 0.356 e. The lowest BCUT2D eigenvalue weighted by atomic mass is 10.2. The quantitative estimate of drug-likeness (QED) is 0.700. The first kappa shape index (κ1) is 13.9. The van der Waals surface area contributed by atoms with Crippen molar-refractivity contribution in [2.24, 2.45) is 0 Å². The molecular formula is C13H24N4. The maximum atomic E-state index is 4.36. The molecule has 0 aliphatic rings. The molecule has 0 amide bonds. The summed E-state index contributed by atoms with van der Waals surface area (Å²) in [6.45, 7) is 10.4. The van der Waals surface area contributed by atoms with E-state index >= 15 is 0 Å². The summed E-state index contributed by atoms with van der Waals surface area (Å²) in [5.74, 6) is 1.05. The maximum Gasteiger partial charge on any atom is 0.132 e. The van der Waals surface area contributed by atoms with Gasteiger partial charge in [-0.05, 0) is 19.9 Å². The van der Waals surface area contributed by atoms with Gasteiger partial charge in [-0.1, -0.05) is 20.3 Å². The van der Waals surface area contributed by atoms with Crippen molar-refractivity contribution in [2.45, 2.75) is 33.6 Å². The fraction of sp³-hybridized carbons (Fsp3) is 0.692. The van der Waals surface area contributed by atoms with Crippen LogP contribution in [0.4, 0.5) is 5.82 Å². The van der Waals surface area contributed by atoms with Crippen LogP contribution in [0.1, 0.15) is 32.9 Å². The summed E-state index contributed by atoms with van der Waals surface area (Å²) in [4.78, 5) is 10.9. The van der Waals surface area contributed by atoms with Crippen LogP contribution >= 0.6 is 0 Å². The standard InChI is InChI=1S/C13H24N4/c1-4-7-12-10-13(16-11-15-12)17(6-3)9-8-14-5-2/h10-11,14H,4-9H2,1-3H3. The molecule has 1 aromatic heterocycles. The summed E-state index contributed by atoms with van der Waals surface area (Å²) < 4.78 is 0. The molecule has 96 valence electrons. The minimum absolute atomic E-state index is 0.980. The normalized spacial score (nSPS) is 10.5. The highest BCUT2D eigenvalue weighted by Gasteiger charge is 2.06. The molecule has 0 saturated heterocycles. The van der Waals surface area contributed by atoms with Crippen LogP contribution in [0.25, 0.3) is 0 Å². The topological polar surface area (TPSA) is 41.0 Å². The number of rotatable bonds is 8. The van der Waals surface area contributed by atoms with Crippen LogP contribution in [0.5, 0.6) is 0 Å². The molecule has 0 spiro atoms. The molecule has 0 saturated carbocycles. The predicted molar refractivity (Wildman–Crippen MR) is 72.5 cm³/mol. The van der Waals surface area contributed by atoms with E-state index in [1.54, 1.807) is 6.33 Å². The summed E-state index contributed by atoms with van der Waals surface area (Å²) in [7, 11) is 0. The molecule has 0 aromatic carbocycles. The Labute approximate surface area is 104 Å². The highest BCUT2D eigenvalue weighted by Crippen LogP contribution is 2.11. The zero-order chi connectivity index (χ0) is 12.5. The number of hydrogen-bond acceptors (Lipinski definition) is 4. The van der Waals surface area contributed by atoms with Gasteiger partial charge in [0, 0.05) is 31.4 Å². The lowest BCUT2D eigenvalue weighted by Gasteiger charge is -2.22. The van der Waals surface area contributed by atoms with Gasteiger partial charge in [0.1, 0.15) is 12.1 Å². The average molecular weight is 236 g/mol. The van der Waals surface area contributed by atoms with E-state index in [1.165, 1.54) is 0 Å². The second-order valence-corrected chi connectivity index (χ2v) is 4.05. The van der Waals surface area contributed by atoms with Crippen LogP contribution in [-0.4, -0.2) is 36.1 Å². The van der Waals surface area contributed by atoms with Gasteiger partial charge < -0.3 is 10.2 Å². The first-order valence-electron chi connectivity index (χ1n) is 6.58. The lowest BCUT2D eigenvalue weighted by molar-refractivity contribution is 0.682. The zero-order valence-electron chi connectivity index (χ0n) is 11.2. The van der Waals surface area contributed by atoms with Crippen LogP contribution in [0, 0.1) is 0 Å². The summed E-state index contributed by atoms with van der Waals surface area (Å²) in [6, 6.07) is 2.11. The monoisotopic (exact) mass is 236 g/mol. The van der Waals surface area contributed by atoms with E-state index in [0.29, 0.717) is 0 Å². The third-order valence-electron chi connectivity index (χ3n) is 2.73. The van der Waals surface area contributed by atoms with Crippen molar-refractivity contribution in [3.05, 3.63) is 18.1 Å². The van der Waals surface area contributed by atoms with E-state index < -0.39 is 0 Å². The highest BCUT2D eigenvalue weighted by atomic mass is 15.2. The van der Waals surface area contributed by atoms with Crippen LogP contribution < -0.4 is 10.2 Å². The molecule has 0 unspecified atom stereocenters. The molecule has 0 bridgehead atoms. The fourth-order valence-corrected chi connectivity index (χ4v) is 1.78. The molecule has 0 aliphatic heterocycles. The highest BCUT2D eigenvalue weighted by molar-refractivity contribution is 5.38.